The van der Waals surface area contributed by atoms with Gasteiger partial charge in [-0.15, -0.1) is 0 Å². The monoisotopic (exact) mass is 299 g/mol. The van der Waals surface area contributed by atoms with Gasteiger partial charge in [-0.3, -0.25) is 20.2 Å². The Morgan fingerprint density at radius 3 is 2.50 bits per heavy atom. The third-order valence-corrected chi connectivity index (χ3v) is 3.81. The maximum Gasteiger partial charge on any atom is 0.300 e. The van der Waals surface area contributed by atoms with Gasteiger partial charge in [0.25, 0.3) is 5.69 Å². The molecule has 1 saturated heterocycles. The van der Waals surface area contributed by atoms with E-state index in [1.807, 2.05) is 11.8 Å². The summed E-state index contributed by atoms with van der Waals surface area (Å²) >= 11 is 6.07. The zero-order valence-corrected chi connectivity index (χ0v) is 11.7. The molecule has 20 heavy (non-hydrogen) atoms. The molecule has 0 amide bonds. The normalized spacial score (nSPS) is 18.9. The van der Waals surface area contributed by atoms with Crippen molar-refractivity contribution in [1.29, 1.82) is 0 Å². The molecule has 1 fully saturated rings. The molecule has 2 rings (SSSR count). The number of nitrogens with zero attached hydrogens (tertiary/aromatic N) is 3. The number of nitro benzene ring substituents is 2. The Kier molecular flexibility index (Phi) is 4.08. The fraction of sp³-hybridized carbons (Fsp3) is 0.500. The third-order valence-electron chi connectivity index (χ3n) is 3.53. The summed E-state index contributed by atoms with van der Waals surface area (Å²) in [5.74, 6) is 0. The maximum atomic E-state index is 11.2. The molecule has 8 heteroatoms. The first-order valence-corrected chi connectivity index (χ1v) is 6.68. The summed E-state index contributed by atoms with van der Waals surface area (Å²) in [5.41, 5.74) is -0.387. The number of benzene rings is 1. The average molecular weight is 300 g/mol. The van der Waals surface area contributed by atoms with Crippen LogP contribution in [0.3, 0.4) is 0 Å². The van der Waals surface area contributed by atoms with Gasteiger partial charge < -0.3 is 4.90 Å². The minimum absolute atomic E-state index is 0.0552. The lowest BCUT2D eigenvalue weighted by Gasteiger charge is -2.35. The molecule has 1 heterocycles. The third kappa shape index (κ3) is 2.67. The van der Waals surface area contributed by atoms with Crippen molar-refractivity contribution in [2.24, 2.45) is 0 Å². The van der Waals surface area contributed by atoms with Gasteiger partial charge in [-0.1, -0.05) is 11.6 Å². The smallest absolute Gasteiger partial charge is 0.300 e. The van der Waals surface area contributed by atoms with Crippen molar-refractivity contribution in [2.75, 3.05) is 11.4 Å². The van der Waals surface area contributed by atoms with E-state index in [1.165, 1.54) is 6.07 Å². The van der Waals surface area contributed by atoms with Gasteiger partial charge in [0.1, 0.15) is 5.69 Å². The molecule has 0 N–H and O–H groups in total. The van der Waals surface area contributed by atoms with Crippen LogP contribution in [0.2, 0.25) is 5.02 Å². The number of halogens is 1. The maximum absolute atomic E-state index is 11.2. The number of rotatable bonds is 3. The van der Waals surface area contributed by atoms with Crippen LogP contribution >= 0.6 is 11.6 Å². The molecule has 0 radical (unpaired) electrons. The van der Waals surface area contributed by atoms with Crippen molar-refractivity contribution in [3.63, 3.8) is 0 Å². The van der Waals surface area contributed by atoms with Crippen molar-refractivity contribution < 1.29 is 9.85 Å². The van der Waals surface area contributed by atoms with Crippen LogP contribution in [0.5, 0.6) is 0 Å². The van der Waals surface area contributed by atoms with Crippen LogP contribution in [-0.4, -0.2) is 22.4 Å². The van der Waals surface area contributed by atoms with Crippen LogP contribution in [0, 0.1) is 20.2 Å². The van der Waals surface area contributed by atoms with E-state index >= 15 is 0 Å². The molecule has 0 spiro atoms. The zero-order valence-electron chi connectivity index (χ0n) is 10.9. The Hall–Kier alpha value is -1.89. The molecule has 7 nitrogen and oxygen atoms in total. The number of anilines is 1. The molecule has 1 aromatic carbocycles. The number of hydrogen-bond acceptors (Lipinski definition) is 5. The molecule has 108 valence electrons. The molecule has 0 bridgehead atoms. The molecule has 1 aromatic rings. The summed E-state index contributed by atoms with van der Waals surface area (Å²) < 4.78 is 0. The largest absolute Gasteiger partial charge is 0.362 e. The van der Waals surface area contributed by atoms with E-state index in [0.29, 0.717) is 6.54 Å². The zero-order chi connectivity index (χ0) is 14.9. The first kappa shape index (κ1) is 14.5. The Morgan fingerprint density at radius 1 is 1.25 bits per heavy atom. The molecule has 1 aliphatic rings. The van der Waals surface area contributed by atoms with Gasteiger partial charge in [0.15, 0.2) is 0 Å². The topological polar surface area (TPSA) is 89.5 Å². The Balaban J connectivity index is 2.56. The lowest BCUT2D eigenvalue weighted by molar-refractivity contribution is -0.393. The van der Waals surface area contributed by atoms with Crippen molar-refractivity contribution >= 4 is 28.7 Å². The predicted molar refractivity (Wildman–Crippen MR) is 75.4 cm³/mol. The van der Waals surface area contributed by atoms with Crippen molar-refractivity contribution in [1.82, 2.24) is 0 Å². The molecule has 0 aromatic heterocycles. The summed E-state index contributed by atoms with van der Waals surface area (Å²) in [5, 5.41) is 22.0. The van der Waals surface area contributed by atoms with E-state index < -0.39 is 9.85 Å². The van der Waals surface area contributed by atoms with E-state index in [0.717, 1.165) is 25.3 Å². The molecule has 0 unspecified atom stereocenters. The summed E-state index contributed by atoms with van der Waals surface area (Å²) in [7, 11) is 0. The highest BCUT2D eigenvalue weighted by molar-refractivity contribution is 6.34. The van der Waals surface area contributed by atoms with Crippen LogP contribution in [0.25, 0.3) is 0 Å². The fourth-order valence-electron chi connectivity index (χ4n) is 2.53. The second kappa shape index (κ2) is 5.62. The van der Waals surface area contributed by atoms with Crippen LogP contribution in [0.1, 0.15) is 26.2 Å². The number of nitro groups is 2. The molecule has 1 aliphatic heterocycles. The van der Waals surface area contributed by atoms with E-state index in [9.17, 15) is 20.2 Å². The van der Waals surface area contributed by atoms with Crippen LogP contribution < -0.4 is 4.90 Å². The fourth-order valence-corrected chi connectivity index (χ4v) is 2.85. The quantitative estimate of drug-likeness (QED) is 0.629. The highest BCUT2D eigenvalue weighted by Gasteiger charge is 2.30. The summed E-state index contributed by atoms with van der Waals surface area (Å²) in [4.78, 5) is 22.6. The highest BCUT2D eigenvalue weighted by atomic mass is 35.5. The first-order valence-electron chi connectivity index (χ1n) is 6.30. The van der Waals surface area contributed by atoms with E-state index in [-0.39, 0.29) is 28.1 Å². The molecule has 0 saturated carbocycles. The minimum atomic E-state index is -0.678. The number of non-ortho nitro benzene ring substituents is 1. The Labute approximate surface area is 120 Å². The molecule has 1 atom stereocenters. The van der Waals surface area contributed by atoms with Gasteiger partial charge in [-0.2, -0.15) is 0 Å². The Bertz CT molecular complexity index is 564. The molecular formula is C12H14ClN3O4. The summed E-state index contributed by atoms with van der Waals surface area (Å²) in [6.07, 6.45) is 2.91. The standard InChI is InChI=1S/C12H14ClN3O4/c1-8-4-2-3-5-14(8)12-10(13)6-9(15(17)18)7-11(12)16(19)20/h6-8H,2-5H2,1H3/t8-/m0/s1. The second-order valence-corrected chi connectivity index (χ2v) is 5.25. The van der Waals surface area contributed by atoms with Gasteiger partial charge in [-0.25, -0.2) is 0 Å². The van der Waals surface area contributed by atoms with Gasteiger partial charge in [-0.05, 0) is 26.2 Å². The van der Waals surface area contributed by atoms with E-state index in [4.69, 9.17) is 11.6 Å². The van der Waals surface area contributed by atoms with E-state index in [1.54, 1.807) is 0 Å². The van der Waals surface area contributed by atoms with Crippen LogP contribution in [0.4, 0.5) is 17.1 Å². The first-order chi connectivity index (χ1) is 9.41. The molecule has 0 aliphatic carbocycles. The number of piperidine rings is 1. The minimum Gasteiger partial charge on any atom is -0.362 e. The van der Waals surface area contributed by atoms with Gasteiger partial charge in [0.05, 0.1) is 20.9 Å². The Morgan fingerprint density at radius 2 is 1.95 bits per heavy atom. The van der Waals surface area contributed by atoms with Crippen molar-refractivity contribution in [3.05, 3.63) is 37.4 Å². The van der Waals surface area contributed by atoms with Gasteiger partial charge >= 0.3 is 5.69 Å². The average Bonchev–Trinajstić information content (AvgIpc) is 2.38. The van der Waals surface area contributed by atoms with Crippen LogP contribution in [-0.2, 0) is 0 Å². The lowest BCUT2D eigenvalue weighted by Crippen LogP contribution is -2.38. The van der Waals surface area contributed by atoms with Gasteiger partial charge in [0.2, 0.25) is 0 Å². The SMILES string of the molecule is C[C@H]1CCCCN1c1c(Cl)cc([N+](=O)[O-])cc1[N+](=O)[O-]. The van der Waals surface area contributed by atoms with Gasteiger partial charge in [0, 0.05) is 18.7 Å². The highest BCUT2D eigenvalue weighted by Crippen LogP contribution is 2.41. The number of hydrogen-bond donors (Lipinski definition) is 0. The second-order valence-electron chi connectivity index (χ2n) is 4.85. The van der Waals surface area contributed by atoms with E-state index in [2.05, 4.69) is 0 Å². The van der Waals surface area contributed by atoms with Crippen molar-refractivity contribution in [2.45, 2.75) is 32.2 Å². The van der Waals surface area contributed by atoms with Crippen LogP contribution in [0.15, 0.2) is 12.1 Å². The summed E-state index contributed by atoms with van der Waals surface area (Å²) in [6.45, 7) is 2.64. The summed E-state index contributed by atoms with van der Waals surface area (Å²) in [6, 6.07) is 2.27. The molecular weight excluding hydrogens is 286 g/mol. The lowest BCUT2D eigenvalue weighted by atomic mass is 10.0. The van der Waals surface area contributed by atoms with Crippen molar-refractivity contribution in [3.8, 4) is 0 Å². The predicted octanol–water partition coefficient (Wildman–Crippen LogP) is 3.54.